The van der Waals surface area contributed by atoms with Gasteiger partial charge in [-0.05, 0) is 24.6 Å². The van der Waals surface area contributed by atoms with Crippen molar-refractivity contribution in [3.05, 3.63) is 34.4 Å². The Kier molecular flexibility index (Phi) is 8.46. The molecule has 7 heteroatoms. The van der Waals surface area contributed by atoms with Crippen molar-refractivity contribution in [1.82, 2.24) is 0 Å². The molecule has 0 amide bonds. The standard InChI is InChI=1S/C10H8F3N.C4H6O3/c11-3-7-1-8(4-12)10(6-14)9(2-7)5-13;1-3(5)2-4(6)7/h1-2H,3-5H2;2H2,1H3,(H,6,7). The van der Waals surface area contributed by atoms with Crippen molar-refractivity contribution in [2.45, 2.75) is 33.4 Å². The van der Waals surface area contributed by atoms with E-state index in [4.69, 9.17) is 10.4 Å². The van der Waals surface area contributed by atoms with E-state index >= 15 is 0 Å². The maximum atomic E-state index is 12.4. The van der Waals surface area contributed by atoms with Crippen LogP contribution in [-0.4, -0.2) is 16.9 Å². The second-order valence-corrected chi connectivity index (χ2v) is 4.07. The van der Waals surface area contributed by atoms with Gasteiger partial charge in [0.2, 0.25) is 0 Å². The topological polar surface area (TPSA) is 78.2 Å². The first kappa shape index (κ1) is 18.6. The minimum atomic E-state index is -1.06. The average molecular weight is 301 g/mol. The Bertz CT molecular complexity index is 516. The minimum Gasteiger partial charge on any atom is -0.481 e. The molecule has 4 nitrogen and oxygen atoms in total. The number of carbonyl (C=O) groups excluding carboxylic acids is 1. The summed E-state index contributed by atoms with van der Waals surface area (Å²) in [4.78, 5) is 19.5. The minimum absolute atomic E-state index is 0.0211. The second kappa shape index (κ2) is 9.53. The highest BCUT2D eigenvalue weighted by Gasteiger charge is 2.10. The zero-order chi connectivity index (χ0) is 16.4. The van der Waals surface area contributed by atoms with Crippen LogP contribution in [0.1, 0.15) is 35.6 Å². The number of alkyl halides is 3. The third-order valence-corrected chi connectivity index (χ3v) is 2.32. The molecule has 0 fully saturated rings. The van der Waals surface area contributed by atoms with E-state index in [0.29, 0.717) is 0 Å². The zero-order valence-electron chi connectivity index (χ0n) is 11.3. The van der Waals surface area contributed by atoms with Gasteiger partial charge in [0.05, 0.1) is 11.6 Å². The third kappa shape index (κ3) is 6.56. The summed E-state index contributed by atoms with van der Waals surface area (Å²) in [5.41, 5.74) is 0.280. The Morgan fingerprint density at radius 1 is 1.14 bits per heavy atom. The fourth-order valence-electron chi connectivity index (χ4n) is 1.48. The largest absolute Gasteiger partial charge is 0.481 e. The van der Waals surface area contributed by atoms with Crippen LogP contribution in [-0.2, 0) is 29.6 Å². The number of rotatable bonds is 5. The van der Waals surface area contributed by atoms with Gasteiger partial charge in [0.25, 0.3) is 0 Å². The van der Waals surface area contributed by atoms with Crippen molar-refractivity contribution in [2.75, 3.05) is 0 Å². The van der Waals surface area contributed by atoms with Crippen molar-refractivity contribution in [3.63, 3.8) is 0 Å². The summed E-state index contributed by atoms with van der Waals surface area (Å²) in [5, 5.41) is 16.5. The lowest BCUT2D eigenvalue weighted by Gasteiger charge is -2.06. The van der Waals surface area contributed by atoms with E-state index < -0.39 is 26.0 Å². The van der Waals surface area contributed by atoms with Gasteiger partial charge >= 0.3 is 5.97 Å². The lowest BCUT2D eigenvalue weighted by atomic mass is 10.00. The molecule has 1 aromatic rings. The summed E-state index contributed by atoms with van der Waals surface area (Å²) in [5.74, 6) is -1.37. The number of carboxylic acids is 1. The van der Waals surface area contributed by atoms with Gasteiger partial charge in [-0.1, -0.05) is 0 Å². The Morgan fingerprint density at radius 3 is 1.81 bits per heavy atom. The number of carbonyl (C=O) groups is 2. The molecule has 0 saturated carbocycles. The van der Waals surface area contributed by atoms with Crippen LogP contribution in [0.15, 0.2) is 12.1 Å². The number of hydrogen-bond donors (Lipinski definition) is 1. The van der Waals surface area contributed by atoms with Crippen molar-refractivity contribution < 1.29 is 27.9 Å². The van der Waals surface area contributed by atoms with E-state index in [2.05, 4.69) is 0 Å². The highest BCUT2D eigenvalue weighted by atomic mass is 19.1. The average Bonchev–Trinajstić information content (AvgIpc) is 2.44. The molecule has 21 heavy (non-hydrogen) atoms. The molecule has 0 heterocycles. The fraction of sp³-hybridized carbons (Fsp3) is 0.357. The first-order chi connectivity index (χ1) is 9.89. The molecular weight excluding hydrogens is 287 g/mol. The molecule has 0 aliphatic carbocycles. The van der Waals surface area contributed by atoms with Crippen LogP contribution in [0.3, 0.4) is 0 Å². The molecule has 0 unspecified atom stereocenters. The van der Waals surface area contributed by atoms with Crippen LogP contribution in [0.4, 0.5) is 13.2 Å². The Morgan fingerprint density at radius 2 is 1.62 bits per heavy atom. The summed E-state index contributed by atoms with van der Waals surface area (Å²) in [6, 6.07) is 4.21. The molecule has 1 aromatic carbocycles. The molecule has 0 bridgehead atoms. The Labute approximate surface area is 119 Å². The molecule has 0 aliphatic heterocycles. The smallest absolute Gasteiger partial charge is 0.310 e. The van der Waals surface area contributed by atoms with Gasteiger partial charge in [-0.3, -0.25) is 9.59 Å². The third-order valence-electron chi connectivity index (χ3n) is 2.32. The molecule has 1 N–H and O–H groups in total. The van der Waals surface area contributed by atoms with Crippen LogP contribution < -0.4 is 0 Å². The monoisotopic (exact) mass is 301 g/mol. The van der Waals surface area contributed by atoms with Crippen molar-refractivity contribution in [1.29, 1.82) is 5.26 Å². The maximum absolute atomic E-state index is 12.4. The summed E-state index contributed by atoms with van der Waals surface area (Å²) >= 11 is 0. The van der Waals surface area contributed by atoms with Crippen LogP contribution >= 0.6 is 0 Å². The number of Topliss-reactive ketones (excluding diaryl/α,β-unsaturated/α-hetero) is 1. The molecule has 0 atom stereocenters. The number of aliphatic carboxylic acids is 1. The quantitative estimate of drug-likeness (QED) is 0.848. The molecule has 114 valence electrons. The van der Waals surface area contributed by atoms with Crippen LogP contribution in [0.2, 0.25) is 0 Å². The maximum Gasteiger partial charge on any atom is 0.310 e. The number of benzene rings is 1. The summed E-state index contributed by atoms with van der Waals surface area (Å²) in [7, 11) is 0. The van der Waals surface area contributed by atoms with Crippen LogP contribution in [0, 0.1) is 11.3 Å². The molecule has 0 saturated heterocycles. The van der Waals surface area contributed by atoms with Gasteiger partial charge in [-0.2, -0.15) is 5.26 Å². The number of carboxylic acid groups (broad SMARTS) is 1. The van der Waals surface area contributed by atoms with E-state index in [1.807, 2.05) is 0 Å². The lowest BCUT2D eigenvalue weighted by molar-refractivity contribution is -0.139. The summed E-state index contributed by atoms with van der Waals surface area (Å²) in [6.45, 7) is -1.31. The number of nitrogens with zero attached hydrogens (tertiary/aromatic N) is 1. The normalized spacial score (nSPS) is 9.29. The van der Waals surface area contributed by atoms with Gasteiger partial charge < -0.3 is 5.11 Å². The van der Waals surface area contributed by atoms with E-state index in [1.165, 1.54) is 19.1 Å². The first-order valence-corrected chi connectivity index (χ1v) is 5.83. The first-order valence-electron chi connectivity index (χ1n) is 5.83. The second-order valence-electron chi connectivity index (χ2n) is 4.07. The highest BCUT2D eigenvalue weighted by Crippen LogP contribution is 2.20. The van der Waals surface area contributed by atoms with Crippen molar-refractivity contribution in [2.24, 2.45) is 0 Å². The van der Waals surface area contributed by atoms with Gasteiger partial charge in [-0.25, -0.2) is 13.2 Å². The van der Waals surface area contributed by atoms with Gasteiger partial charge in [0, 0.05) is 11.1 Å². The van der Waals surface area contributed by atoms with E-state index in [0.717, 1.165) is 0 Å². The Hall–Kier alpha value is -2.36. The van der Waals surface area contributed by atoms with E-state index in [9.17, 15) is 22.8 Å². The molecular formula is C14H14F3NO3. The van der Waals surface area contributed by atoms with Crippen LogP contribution in [0.25, 0.3) is 0 Å². The fourth-order valence-corrected chi connectivity index (χ4v) is 1.48. The summed E-state index contributed by atoms with van der Waals surface area (Å²) < 4.78 is 37.1. The highest BCUT2D eigenvalue weighted by molar-refractivity contribution is 5.93. The number of nitriles is 1. The van der Waals surface area contributed by atoms with Crippen LogP contribution in [0.5, 0.6) is 0 Å². The van der Waals surface area contributed by atoms with Crippen molar-refractivity contribution in [3.8, 4) is 6.07 Å². The molecule has 0 aromatic heterocycles. The van der Waals surface area contributed by atoms with E-state index in [1.54, 1.807) is 6.07 Å². The van der Waals surface area contributed by atoms with Gasteiger partial charge in [0.1, 0.15) is 32.2 Å². The summed E-state index contributed by atoms with van der Waals surface area (Å²) in [6.07, 6.45) is -0.361. The van der Waals surface area contributed by atoms with E-state index in [-0.39, 0.29) is 34.5 Å². The molecule has 0 aliphatic rings. The predicted molar refractivity (Wildman–Crippen MR) is 68.5 cm³/mol. The lowest BCUT2D eigenvalue weighted by Crippen LogP contribution is -2.00. The SMILES string of the molecule is CC(=O)CC(=O)O.N#Cc1c(CF)cc(CF)cc1CF. The number of halogens is 3. The van der Waals surface area contributed by atoms with Gasteiger partial charge in [-0.15, -0.1) is 0 Å². The number of hydrogen-bond acceptors (Lipinski definition) is 3. The Balaban J connectivity index is 0.000000486. The molecule has 0 spiro atoms. The predicted octanol–water partition coefficient (Wildman–Crippen LogP) is 3.02. The molecule has 1 rings (SSSR count). The van der Waals surface area contributed by atoms with Gasteiger partial charge in [0.15, 0.2) is 0 Å². The van der Waals surface area contributed by atoms with Crippen molar-refractivity contribution >= 4 is 11.8 Å². The number of ketones is 1. The molecule has 0 radical (unpaired) electrons. The zero-order valence-corrected chi connectivity index (χ0v) is 11.3.